The molecule has 0 N–H and O–H groups in total. The van der Waals surface area contributed by atoms with Gasteiger partial charge in [-0.25, -0.2) is 9.59 Å². The average molecular weight is 961 g/mol. The molecule has 10 aromatic carbocycles. The van der Waals surface area contributed by atoms with Crippen molar-refractivity contribution in [2.45, 2.75) is 38.5 Å². The summed E-state index contributed by atoms with van der Waals surface area (Å²) < 4.78 is 11.5. The Balaban J connectivity index is 0.952. The van der Waals surface area contributed by atoms with Gasteiger partial charge in [-0.15, -0.1) is 0 Å². The second-order valence-electron chi connectivity index (χ2n) is 20.1. The molecule has 0 aromatic heterocycles. The number of rotatable bonds is 11. The highest BCUT2D eigenvalue weighted by molar-refractivity contribution is 6.08. The Morgan fingerprint density at radius 3 is 1.18 bits per heavy atom. The predicted octanol–water partition coefficient (Wildman–Crippen LogP) is 17.4. The fraction of sp³-hybridized carbons (Fsp3) is 0.0882. The summed E-state index contributed by atoms with van der Waals surface area (Å²) in [5.74, 6) is -0.216. The first-order chi connectivity index (χ1) is 35.9. The highest BCUT2D eigenvalue weighted by atomic mass is 16.5. The fourth-order valence-corrected chi connectivity index (χ4v) is 11.5. The molecule has 74 heavy (non-hydrogen) atoms. The summed E-state index contributed by atoms with van der Waals surface area (Å²) in [5.41, 5.74) is 18.2. The molecule has 0 radical (unpaired) electrons. The van der Waals surface area contributed by atoms with E-state index in [1.165, 1.54) is 44.5 Å². The van der Waals surface area contributed by atoms with Crippen LogP contribution in [0.1, 0.15) is 49.9 Å². The monoisotopic (exact) mass is 960 g/mol. The summed E-state index contributed by atoms with van der Waals surface area (Å²) in [6.07, 6.45) is 2.32. The van der Waals surface area contributed by atoms with Crippen molar-refractivity contribution >= 4 is 67.6 Å². The minimum Gasteiger partial charge on any atom is -0.423 e. The molecule has 0 amide bonds. The molecule has 0 bridgehead atoms. The lowest BCUT2D eigenvalue weighted by atomic mass is 9.82. The van der Waals surface area contributed by atoms with Crippen LogP contribution in [0.3, 0.4) is 0 Å². The van der Waals surface area contributed by atoms with Gasteiger partial charge in [-0.2, -0.15) is 0 Å². The first-order valence-corrected chi connectivity index (χ1v) is 25.0. The molecule has 0 saturated heterocycles. The minimum atomic E-state index is -0.538. The van der Waals surface area contributed by atoms with Crippen LogP contribution in [0.5, 0.6) is 11.5 Å². The summed E-state index contributed by atoms with van der Waals surface area (Å²) in [6.45, 7) is 16.6. The number of carbonyl (C=O) groups is 2. The molecule has 0 atom stereocenters. The van der Waals surface area contributed by atoms with Crippen molar-refractivity contribution in [1.29, 1.82) is 0 Å². The third-order valence-corrected chi connectivity index (χ3v) is 15.2. The van der Waals surface area contributed by atoms with Crippen LogP contribution in [0, 0.1) is 0 Å². The van der Waals surface area contributed by atoms with Gasteiger partial charge in [0.15, 0.2) is 0 Å². The smallest absolute Gasteiger partial charge is 0.335 e. The number of hydrogen-bond donors (Lipinski definition) is 0. The maximum absolute atomic E-state index is 12.5. The quantitative estimate of drug-likeness (QED) is 0.0731. The molecule has 2 aliphatic carbocycles. The molecule has 0 saturated carbocycles. The van der Waals surface area contributed by atoms with Gasteiger partial charge in [-0.05, 0) is 128 Å². The maximum atomic E-state index is 12.5. The fourth-order valence-electron chi connectivity index (χ4n) is 11.5. The third-order valence-electron chi connectivity index (χ3n) is 15.2. The number of ether oxygens (including phenoxy) is 2. The highest BCUT2D eigenvalue weighted by Crippen LogP contribution is 2.53. The van der Waals surface area contributed by atoms with Gasteiger partial charge in [0.2, 0.25) is 0 Å². The Morgan fingerprint density at radius 1 is 0.378 bits per heavy atom. The molecule has 6 heteroatoms. The molecular weight excluding hydrogens is 909 g/mol. The zero-order valence-electron chi connectivity index (χ0n) is 41.7. The van der Waals surface area contributed by atoms with E-state index in [4.69, 9.17) is 9.47 Å². The van der Waals surface area contributed by atoms with Gasteiger partial charge < -0.3 is 19.3 Å². The second-order valence-corrected chi connectivity index (χ2v) is 20.1. The van der Waals surface area contributed by atoms with E-state index >= 15 is 0 Å². The maximum Gasteiger partial charge on any atom is 0.335 e. The number of esters is 2. The number of benzene rings is 10. The van der Waals surface area contributed by atoms with E-state index in [0.29, 0.717) is 11.5 Å². The third kappa shape index (κ3) is 7.49. The Bertz CT molecular complexity index is 3730. The van der Waals surface area contributed by atoms with Gasteiger partial charge in [-0.1, -0.05) is 174 Å². The zero-order valence-corrected chi connectivity index (χ0v) is 41.7. The molecule has 0 spiro atoms. The number of hydrogen-bond acceptors (Lipinski definition) is 6. The average Bonchev–Trinajstić information content (AvgIpc) is 3.81. The van der Waals surface area contributed by atoms with Crippen LogP contribution in [-0.2, 0) is 20.4 Å². The SMILES string of the molecule is C=CC(=O)Oc1cccc2c(N(c3ccc(-c4ccc(N(c5ccc6c(c5)C(C)(C)c5ccccc5-6)c5ccc6c(c5)C(C)(C)c5ccccc5-6)cc4)cc3)c3cccc4c(OC(=O)C=C)cccc34)cccc12. The zero-order chi connectivity index (χ0) is 50.9. The van der Waals surface area contributed by atoms with E-state index < -0.39 is 11.9 Å². The normalized spacial score (nSPS) is 13.3. The molecule has 0 aliphatic heterocycles. The summed E-state index contributed by atoms with van der Waals surface area (Å²) in [6, 6.07) is 72.3. The molecule has 0 heterocycles. The lowest BCUT2D eigenvalue weighted by Crippen LogP contribution is -2.18. The van der Waals surface area contributed by atoms with E-state index in [2.05, 4.69) is 196 Å². The van der Waals surface area contributed by atoms with E-state index in [9.17, 15) is 9.59 Å². The standard InChI is InChI=1S/C68H52N2O4/c1-7-65(71)73-63-27-15-19-53-55(63)21-13-25-61(53)70(62-26-14-22-56-54(62)20-16-28-64(56)74-66(72)8-2)46-35-31-44(32-36-46)43-29-33-45(34-30-43)69(47-37-39-51-49-17-9-11-23-57(49)67(3,4)59(51)41-47)48-38-40-52-50-18-10-12-24-58(50)68(5,6)60(52)42-48/h7-42H,1-2H2,3-6H3. The van der Waals surface area contributed by atoms with Crippen LogP contribution in [0.25, 0.3) is 54.9 Å². The summed E-state index contributed by atoms with van der Waals surface area (Å²) in [5, 5.41) is 3.26. The van der Waals surface area contributed by atoms with Crippen molar-refractivity contribution < 1.29 is 19.1 Å². The van der Waals surface area contributed by atoms with Crippen molar-refractivity contribution in [3.63, 3.8) is 0 Å². The number of fused-ring (bicyclic) bond motifs is 8. The first kappa shape index (κ1) is 45.9. The molecule has 0 unspecified atom stereocenters. The lowest BCUT2D eigenvalue weighted by molar-refractivity contribution is -0.129. The van der Waals surface area contributed by atoms with Crippen LogP contribution < -0.4 is 19.3 Å². The van der Waals surface area contributed by atoms with Crippen LogP contribution in [0.2, 0.25) is 0 Å². The van der Waals surface area contributed by atoms with Gasteiger partial charge in [-0.3, -0.25) is 0 Å². The van der Waals surface area contributed by atoms with Gasteiger partial charge in [0.05, 0.1) is 11.4 Å². The topological polar surface area (TPSA) is 59.1 Å². The predicted molar refractivity (Wildman–Crippen MR) is 303 cm³/mol. The number of nitrogens with zero attached hydrogens (tertiary/aromatic N) is 2. The summed E-state index contributed by atoms with van der Waals surface area (Å²) in [4.78, 5) is 29.6. The van der Waals surface area contributed by atoms with Gasteiger partial charge in [0.25, 0.3) is 0 Å². The van der Waals surface area contributed by atoms with Gasteiger partial charge >= 0.3 is 11.9 Å². The highest BCUT2D eigenvalue weighted by Gasteiger charge is 2.38. The van der Waals surface area contributed by atoms with Crippen molar-refractivity contribution in [3.05, 3.63) is 254 Å². The van der Waals surface area contributed by atoms with Crippen LogP contribution >= 0.6 is 0 Å². The van der Waals surface area contributed by atoms with Crippen LogP contribution in [0.15, 0.2) is 232 Å². The molecule has 2 aliphatic rings. The minimum absolute atomic E-state index is 0.158. The van der Waals surface area contributed by atoms with E-state index in [0.717, 1.165) is 78.9 Å². The van der Waals surface area contributed by atoms with Crippen molar-refractivity contribution in [1.82, 2.24) is 0 Å². The molecule has 358 valence electrons. The Hall–Kier alpha value is -9.26. The van der Waals surface area contributed by atoms with Crippen molar-refractivity contribution in [2.24, 2.45) is 0 Å². The Kier molecular flexibility index (Phi) is 11.0. The molecule has 12 rings (SSSR count). The Labute approximate surface area is 431 Å². The van der Waals surface area contributed by atoms with E-state index in [1.807, 2.05) is 48.5 Å². The Morgan fingerprint density at radius 2 is 0.743 bits per heavy atom. The lowest BCUT2D eigenvalue weighted by Gasteiger charge is -2.30. The largest absolute Gasteiger partial charge is 0.423 e. The van der Waals surface area contributed by atoms with Crippen LogP contribution in [-0.4, -0.2) is 11.9 Å². The van der Waals surface area contributed by atoms with Gasteiger partial charge in [0, 0.05) is 67.3 Å². The molecule has 6 nitrogen and oxygen atoms in total. The number of anilines is 6. The summed E-state index contributed by atoms with van der Waals surface area (Å²) >= 11 is 0. The second kappa shape index (κ2) is 17.8. The van der Waals surface area contributed by atoms with Crippen LogP contribution in [0.4, 0.5) is 34.1 Å². The first-order valence-electron chi connectivity index (χ1n) is 25.0. The summed E-state index contributed by atoms with van der Waals surface area (Å²) in [7, 11) is 0. The molecule has 10 aromatic rings. The molecule has 0 fully saturated rings. The number of carbonyl (C=O) groups excluding carboxylic acids is 2. The van der Waals surface area contributed by atoms with E-state index in [-0.39, 0.29) is 10.8 Å². The van der Waals surface area contributed by atoms with Crippen molar-refractivity contribution in [3.8, 4) is 44.9 Å². The van der Waals surface area contributed by atoms with E-state index in [1.54, 1.807) is 12.1 Å². The van der Waals surface area contributed by atoms with Gasteiger partial charge in [0.1, 0.15) is 11.5 Å². The van der Waals surface area contributed by atoms with Crippen molar-refractivity contribution in [2.75, 3.05) is 9.80 Å². The molecular formula is C68H52N2O4.